The SMILES string of the molecule is CCCCn1nc(C)c(C=CC(=O)NC(C(=O)OC)c2ccccc2)c1Cl. The Morgan fingerprint density at radius 1 is 1.33 bits per heavy atom. The van der Waals surface area contributed by atoms with Crippen LogP contribution in [0.2, 0.25) is 5.15 Å². The molecule has 0 aliphatic carbocycles. The zero-order valence-corrected chi connectivity index (χ0v) is 16.5. The number of nitrogens with zero attached hydrogens (tertiary/aromatic N) is 2. The highest BCUT2D eigenvalue weighted by Crippen LogP contribution is 2.22. The maximum Gasteiger partial charge on any atom is 0.333 e. The average Bonchev–Trinajstić information content (AvgIpc) is 2.95. The van der Waals surface area contributed by atoms with E-state index in [2.05, 4.69) is 17.3 Å². The van der Waals surface area contributed by atoms with Crippen molar-refractivity contribution >= 4 is 29.6 Å². The molecule has 2 aromatic rings. The number of hydrogen-bond donors (Lipinski definition) is 1. The predicted octanol–water partition coefficient (Wildman–Crippen LogP) is 3.69. The molecule has 1 aromatic carbocycles. The summed E-state index contributed by atoms with van der Waals surface area (Å²) in [4.78, 5) is 24.4. The third-order valence-electron chi connectivity index (χ3n) is 4.09. The largest absolute Gasteiger partial charge is 0.467 e. The number of aromatic nitrogens is 2. The zero-order valence-electron chi connectivity index (χ0n) is 15.7. The molecule has 0 aliphatic rings. The van der Waals surface area contributed by atoms with Gasteiger partial charge in [-0.05, 0) is 25.0 Å². The van der Waals surface area contributed by atoms with Crippen LogP contribution < -0.4 is 5.32 Å². The number of nitrogens with one attached hydrogen (secondary N) is 1. The average molecular weight is 390 g/mol. The molecule has 0 radical (unpaired) electrons. The first kappa shape index (κ1) is 20.7. The molecule has 2 rings (SSSR count). The van der Waals surface area contributed by atoms with Gasteiger partial charge in [-0.15, -0.1) is 0 Å². The van der Waals surface area contributed by atoms with Crippen LogP contribution in [0.3, 0.4) is 0 Å². The summed E-state index contributed by atoms with van der Waals surface area (Å²) in [6, 6.07) is 8.05. The van der Waals surface area contributed by atoms with Gasteiger partial charge in [0.1, 0.15) is 5.15 Å². The van der Waals surface area contributed by atoms with Crippen LogP contribution in [0.15, 0.2) is 36.4 Å². The minimum atomic E-state index is -0.878. The fraction of sp³-hybridized carbons (Fsp3) is 0.350. The van der Waals surface area contributed by atoms with Crippen LogP contribution >= 0.6 is 11.6 Å². The Bertz CT molecular complexity index is 815. The van der Waals surface area contributed by atoms with Crippen molar-refractivity contribution in [3.05, 3.63) is 58.4 Å². The molecule has 0 saturated carbocycles. The fourth-order valence-electron chi connectivity index (χ4n) is 2.60. The molecule has 0 fully saturated rings. The quantitative estimate of drug-likeness (QED) is 0.552. The second-order valence-corrected chi connectivity index (χ2v) is 6.43. The van der Waals surface area contributed by atoms with Crippen molar-refractivity contribution in [3.63, 3.8) is 0 Å². The summed E-state index contributed by atoms with van der Waals surface area (Å²) in [6.07, 6.45) is 4.97. The summed E-state index contributed by atoms with van der Waals surface area (Å²) in [7, 11) is 1.29. The van der Waals surface area contributed by atoms with E-state index in [1.807, 2.05) is 13.0 Å². The molecule has 1 amide bonds. The Balaban J connectivity index is 2.14. The molecule has 144 valence electrons. The van der Waals surface area contributed by atoms with Crippen molar-refractivity contribution in [1.29, 1.82) is 0 Å². The first-order valence-electron chi connectivity index (χ1n) is 8.82. The van der Waals surface area contributed by atoms with E-state index < -0.39 is 17.9 Å². The van der Waals surface area contributed by atoms with Crippen molar-refractivity contribution in [2.45, 2.75) is 39.3 Å². The molecule has 0 bridgehead atoms. The summed E-state index contributed by atoms with van der Waals surface area (Å²) in [5.74, 6) is -0.962. The number of esters is 1. The Labute approximate surface area is 164 Å². The highest BCUT2D eigenvalue weighted by Gasteiger charge is 2.22. The van der Waals surface area contributed by atoms with Crippen molar-refractivity contribution in [1.82, 2.24) is 15.1 Å². The molecule has 1 atom stereocenters. The van der Waals surface area contributed by atoms with Gasteiger partial charge >= 0.3 is 5.97 Å². The fourth-order valence-corrected chi connectivity index (χ4v) is 2.93. The van der Waals surface area contributed by atoms with Crippen LogP contribution in [0.4, 0.5) is 0 Å². The number of amides is 1. The van der Waals surface area contributed by atoms with E-state index in [9.17, 15) is 9.59 Å². The van der Waals surface area contributed by atoms with E-state index in [0.29, 0.717) is 16.3 Å². The van der Waals surface area contributed by atoms with Gasteiger partial charge in [-0.1, -0.05) is 55.3 Å². The Kier molecular flexibility index (Phi) is 7.61. The number of unbranched alkanes of at least 4 members (excludes halogenated alkanes) is 1. The maximum absolute atomic E-state index is 12.3. The van der Waals surface area contributed by atoms with Crippen molar-refractivity contribution < 1.29 is 14.3 Å². The van der Waals surface area contributed by atoms with Crippen LogP contribution in [0.25, 0.3) is 6.08 Å². The normalized spacial score (nSPS) is 12.1. The molecule has 0 aliphatic heterocycles. The van der Waals surface area contributed by atoms with Gasteiger partial charge in [0, 0.05) is 18.2 Å². The number of methoxy groups -OCH3 is 1. The summed E-state index contributed by atoms with van der Waals surface area (Å²) in [5, 5.41) is 7.56. The number of ether oxygens (including phenoxy) is 1. The minimum Gasteiger partial charge on any atom is -0.467 e. The smallest absolute Gasteiger partial charge is 0.333 e. The lowest BCUT2D eigenvalue weighted by molar-refractivity contribution is -0.144. The molecular formula is C20H24ClN3O3. The van der Waals surface area contributed by atoms with E-state index in [1.54, 1.807) is 35.0 Å². The predicted molar refractivity (Wildman–Crippen MR) is 105 cm³/mol. The lowest BCUT2D eigenvalue weighted by atomic mass is 10.1. The third-order valence-corrected chi connectivity index (χ3v) is 4.49. The summed E-state index contributed by atoms with van der Waals surface area (Å²) in [5.41, 5.74) is 2.08. The van der Waals surface area contributed by atoms with E-state index in [-0.39, 0.29) is 0 Å². The van der Waals surface area contributed by atoms with Crippen LogP contribution in [0.1, 0.15) is 42.6 Å². The number of carbonyl (C=O) groups is 2. The molecule has 1 N–H and O–H groups in total. The number of hydrogen-bond acceptors (Lipinski definition) is 4. The second kappa shape index (κ2) is 9.92. The summed E-state index contributed by atoms with van der Waals surface area (Å²) >= 11 is 6.37. The van der Waals surface area contributed by atoms with Crippen LogP contribution in [-0.4, -0.2) is 28.8 Å². The minimum absolute atomic E-state index is 0.425. The number of rotatable bonds is 8. The molecule has 1 unspecified atom stereocenters. The summed E-state index contributed by atoms with van der Waals surface area (Å²) < 4.78 is 6.53. The van der Waals surface area contributed by atoms with E-state index in [0.717, 1.165) is 25.1 Å². The van der Waals surface area contributed by atoms with Crippen LogP contribution in [-0.2, 0) is 20.9 Å². The van der Waals surface area contributed by atoms with Crippen molar-refractivity contribution in [3.8, 4) is 0 Å². The van der Waals surface area contributed by atoms with Gasteiger partial charge in [-0.3, -0.25) is 9.48 Å². The highest BCUT2D eigenvalue weighted by molar-refractivity contribution is 6.31. The Morgan fingerprint density at radius 2 is 2.04 bits per heavy atom. The Hall–Kier alpha value is -2.60. The van der Waals surface area contributed by atoms with Gasteiger partial charge in [0.15, 0.2) is 6.04 Å². The van der Waals surface area contributed by atoms with Crippen LogP contribution in [0.5, 0.6) is 0 Å². The van der Waals surface area contributed by atoms with E-state index in [1.165, 1.54) is 13.2 Å². The van der Waals surface area contributed by atoms with Crippen molar-refractivity contribution in [2.75, 3.05) is 7.11 Å². The second-order valence-electron chi connectivity index (χ2n) is 6.08. The van der Waals surface area contributed by atoms with Gasteiger partial charge in [-0.2, -0.15) is 5.10 Å². The lowest BCUT2D eigenvalue weighted by Crippen LogP contribution is -2.33. The molecule has 1 aromatic heterocycles. The van der Waals surface area contributed by atoms with E-state index >= 15 is 0 Å². The molecule has 0 saturated heterocycles. The maximum atomic E-state index is 12.3. The Morgan fingerprint density at radius 3 is 2.67 bits per heavy atom. The van der Waals surface area contributed by atoms with E-state index in [4.69, 9.17) is 16.3 Å². The van der Waals surface area contributed by atoms with Crippen molar-refractivity contribution in [2.24, 2.45) is 0 Å². The highest BCUT2D eigenvalue weighted by atomic mass is 35.5. The number of carbonyl (C=O) groups excluding carboxylic acids is 2. The lowest BCUT2D eigenvalue weighted by Gasteiger charge is -2.15. The van der Waals surface area contributed by atoms with Gasteiger partial charge in [-0.25, -0.2) is 4.79 Å². The zero-order chi connectivity index (χ0) is 19.8. The summed E-state index contributed by atoms with van der Waals surface area (Å²) in [6.45, 7) is 4.67. The molecule has 1 heterocycles. The first-order chi connectivity index (χ1) is 13.0. The topological polar surface area (TPSA) is 73.2 Å². The molecular weight excluding hydrogens is 366 g/mol. The standard InChI is InChI=1S/C20H24ClN3O3/c1-4-5-13-24-19(21)16(14(2)23-24)11-12-17(25)22-18(20(26)27-3)15-9-7-6-8-10-15/h6-12,18H,4-5,13H2,1-3H3,(H,22,25). The molecule has 7 heteroatoms. The number of halogens is 1. The van der Waals surface area contributed by atoms with Crippen LogP contribution in [0, 0.1) is 6.92 Å². The molecule has 0 spiro atoms. The number of aryl methyl sites for hydroxylation is 2. The molecule has 27 heavy (non-hydrogen) atoms. The van der Waals surface area contributed by atoms with Gasteiger partial charge in [0.05, 0.1) is 12.8 Å². The van der Waals surface area contributed by atoms with Gasteiger partial charge < -0.3 is 10.1 Å². The monoisotopic (exact) mass is 389 g/mol. The van der Waals surface area contributed by atoms with Gasteiger partial charge in [0.2, 0.25) is 5.91 Å². The third kappa shape index (κ3) is 5.44. The molecule has 6 nitrogen and oxygen atoms in total. The number of benzene rings is 1. The first-order valence-corrected chi connectivity index (χ1v) is 9.20. The van der Waals surface area contributed by atoms with Gasteiger partial charge in [0.25, 0.3) is 0 Å².